The highest BCUT2D eigenvalue weighted by Gasteiger charge is 2.06. The third-order valence-electron chi connectivity index (χ3n) is 3.23. The van der Waals surface area contributed by atoms with Crippen LogP contribution in [0.2, 0.25) is 10.0 Å². The van der Waals surface area contributed by atoms with Gasteiger partial charge in [-0.25, -0.2) is 4.98 Å². The van der Waals surface area contributed by atoms with E-state index in [2.05, 4.69) is 10.3 Å². The highest BCUT2D eigenvalue weighted by molar-refractivity contribution is 6.35. The van der Waals surface area contributed by atoms with Crippen LogP contribution >= 0.6 is 23.2 Å². The topological polar surface area (TPSA) is 38.1 Å². The Labute approximate surface area is 132 Å². The number of oxazole rings is 1. The predicted molar refractivity (Wildman–Crippen MR) is 87.2 cm³/mol. The smallest absolute Gasteiger partial charge is 0.195 e. The van der Waals surface area contributed by atoms with Crippen molar-refractivity contribution < 1.29 is 4.42 Å². The van der Waals surface area contributed by atoms with E-state index in [0.29, 0.717) is 16.6 Å². The van der Waals surface area contributed by atoms with Crippen LogP contribution in [0.25, 0.3) is 11.1 Å². The Hall–Kier alpha value is -1.71. The maximum absolute atomic E-state index is 6.16. The molecule has 5 heteroatoms. The number of hydrogen-bond donors (Lipinski definition) is 1. The number of nitrogens with one attached hydrogen (secondary N) is 1. The predicted octanol–water partition coefficient (Wildman–Crippen LogP) is 5.31. The normalized spacial score (nSPS) is 11.0. The number of benzene rings is 2. The fraction of sp³-hybridized carbons (Fsp3) is 0.188. The average molecular weight is 321 g/mol. The maximum Gasteiger partial charge on any atom is 0.195 e. The summed E-state index contributed by atoms with van der Waals surface area (Å²) in [4.78, 5) is 4.43. The number of halogens is 2. The highest BCUT2D eigenvalue weighted by Crippen LogP contribution is 2.24. The summed E-state index contributed by atoms with van der Waals surface area (Å²) < 4.78 is 5.59. The Balaban J connectivity index is 1.78. The minimum Gasteiger partial charge on any atom is -0.441 e. The van der Waals surface area contributed by atoms with Crippen molar-refractivity contribution in [1.29, 1.82) is 0 Å². The van der Waals surface area contributed by atoms with E-state index in [4.69, 9.17) is 27.6 Å². The summed E-state index contributed by atoms with van der Waals surface area (Å²) in [6, 6.07) is 11.4. The second kappa shape index (κ2) is 5.96. The molecule has 0 atom stereocenters. The molecule has 0 radical (unpaired) electrons. The summed E-state index contributed by atoms with van der Waals surface area (Å²) in [6.07, 6.45) is 0.790. The van der Waals surface area contributed by atoms with Crippen molar-refractivity contribution in [2.75, 3.05) is 5.32 Å². The van der Waals surface area contributed by atoms with Gasteiger partial charge in [-0.2, -0.15) is 0 Å². The van der Waals surface area contributed by atoms with E-state index in [1.807, 2.05) is 37.3 Å². The van der Waals surface area contributed by atoms with Crippen molar-refractivity contribution in [2.45, 2.75) is 19.9 Å². The van der Waals surface area contributed by atoms with E-state index < -0.39 is 0 Å². The van der Waals surface area contributed by atoms with Crippen LogP contribution in [0.4, 0.5) is 5.69 Å². The van der Waals surface area contributed by atoms with Gasteiger partial charge in [-0.05, 0) is 35.9 Å². The second-order valence-corrected chi connectivity index (χ2v) is 5.58. The molecule has 1 heterocycles. The number of aryl methyl sites for hydroxylation is 1. The minimum atomic E-state index is 0.625. The fourth-order valence-electron chi connectivity index (χ4n) is 2.10. The molecule has 1 N–H and O–H groups in total. The summed E-state index contributed by atoms with van der Waals surface area (Å²) >= 11 is 12.1. The maximum atomic E-state index is 6.16. The monoisotopic (exact) mass is 320 g/mol. The molecular formula is C16H14Cl2N2O. The number of hydrogen-bond acceptors (Lipinski definition) is 3. The van der Waals surface area contributed by atoms with E-state index in [1.165, 1.54) is 0 Å². The van der Waals surface area contributed by atoms with Crippen molar-refractivity contribution in [3.63, 3.8) is 0 Å². The minimum absolute atomic E-state index is 0.625. The molecule has 0 aliphatic rings. The number of aromatic nitrogens is 1. The molecule has 0 amide bonds. The number of anilines is 1. The van der Waals surface area contributed by atoms with Gasteiger partial charge in [0.2, 0.25) is 0 Å². The molecule has 0 saturated heterocycles. The Morgan fingerprint density at radius 1 is 1.14 bits per heavy atom. The molecule has 21 heavy (non-hydrogen) atoms. The van der Waals surface area contributed by atoms with E-state index in [-0.39, 0.29) is 0 Å². The molecule has 0 unspecified atom stereocenters. The van der Waals surface area contributed by atoms with Gasteiger partial charge in [0.05, 0.1) is 0 Å². The lowest BCUT2D eigenvalue weighted by atomic mass is 10.2. The van der Waals surface area contributed by atoms with Crippen LogP contribution in [-0.4, -0.2) is 4.98 Å². The lowest BCUT2D eigenvalue weighted by molar-refractivity contribution is 0.538. The molecule has 0 saturated carbocycles. The SMILES string of the molecule is CCc1nc2cc(NCc3ccc(Cl)cc3Cl)ccc2o1. The standard InChI is InChI=1S/C16H14Cl2N2O/c1-2-16-20-14-8-12(5-6-15(14)21-16)19-9-10-3-4-11(17)7-13(10)18/h3-8,19H,2,9H2,1H3. The molecule has 0 spiro atoms. The summed E-state index contributed by atoms with van der Waals surface area (Å²) in [5, 5.41) is 4.63. The van der Waals surface area contributed by atoms with Crippen molar-refractivity contribution in [3.8, 4) is 0 Å². The molecule has 0 aliphatic heterocycles. The van der Waals surface area contributed by atoms with Crippen molar-refractivity contribution >= 4 is 40.0 Å². The zero-order valence-corrected chi connectivity index (χ0v) is 13.0. The van der Waals surface area contributed by atoms with Gasteiger partial charge in [-0.3, -0.25) is 0 Å². The molecule has 0 aliphatic carbocycles. The van der Waals surface area contributed by atoms with Crippen LogP contribution in [0.3, 0.4) is 0 Å². The molecule has 3 rings (SSSR count). The summed E-state index contributed by atoms with van der Waals surface area (Å²) in [5.74, 6) is 0.753. The third-order valence-corrected chi connectivity index (χ3v) is 3.82. The van der Waals surface area contributed by atoms with Gasteiger partial charge >= 0.3 is 0 Å². The van der Waals surface area contributed by atoms with Crippen LogP contribution in [0.1, 0.15) is 18.4 Å². The molecule has 1 aromatic heterocycles. The fourth-order valence-corrected chi connectivity index (χ4v) is 2.57. The zero-order chi connectivity index (χ0) is 14.8. The molecule has 3 aromatic rings. The molecule has 2 aromatic carbocycles. The third kappa shape index (κ3) is 3.14. The molecule has 0 fully saturated rings. The van der Waals surface area contributed by atoms with Crippen LogP contribution in [-0.2, 0) is 13.0 Å². The van der Waals surface area contributed by atoms with Crippen molar-refractivity contribution in [2.24, 2.45) is 0 Å². The van der Waals surface area contributed by atoms with E-state index in [1.54, 1.807) is 6.07 Å². The average Bonchev–Trinajstić information content (AvgIpc) is 2.88. The summed E-state index contributed by atoms with van der Waals surface area (Å²) in [6.45, 7) is 2.65. The summed E-state index contributed by atoms with van der Waals surface area (Å²) in [7, 11) is 0. The quantitative estimate of drug-likeness (QED) is 0.708. The largest absolute Gasteiger partial charge is 0.441 e. The first-order chi connectivity index (χ1) is 10.2. The van der Waals surface area contributed by atoms with Crippen LogP contribution in [0, 0.1) is 0 Å². The Morgan fingerprint density at radius 3 is 2.76 bits per heavy atom. The van der Waals surface area contributed by atoms with Gasteiger partial charge in [0.15, 0.2) is 11.5 Å². The molecule has 108 valence electrons. The second-order valence-electron chi connectivity index (χ2n) is 4.73. The van der Waals surface area contributed by atoms with Crippen molar-refractivity contribution in [1.82, 2.24) is 4.98 Å². The number of rotatable bonds is 4. The van der Waals surface area contributed by atoms with Gasteiger partial charge in [-0.15, -0.1) is 0 Å². The number of nitrogens with zero attached hydrogens (tertiary/aromatic N) is 1. The first-order valence-corrected chi connectivity index (χ1v) is 7.48. The lowest BCUT2D eigenvalue weighted by Crippen LogP contribution is -1.99. The highest BCUT2D eigenvalue weighted by atomic mass is 35.5. The Morgan fingerprint density at radius 2 is 2.00 bits per heavy atom. The van der Waals surface area contributed by atoms with Gasteiger partial charge in [0, 0.05) is 28.7 Å². The van der Waals surface area contributed by atoms with Crippen molar-refractivity contribution in [3.05, 3.63) is 57.9 Å². The Bertz CT molecular complexity index is 783. The zero-order valence-electron chi connectivity index (χ0n) is 11.5. The van der Waals surface area contributed by atoms with Gasteiger partial charge in [0.25, 0.3) is 0 Å². The van der Waals surface area contributed by atoms with E-state index in [0.717, 1.165) is 34.7 Å². The molecule has 0 bridgehead atoms. The van der Waals surface area contributed by atoms with E-state index >= 15 is 0 Å². The number of fused-ring (bicyclic) bond motifs is 1. The summed E-state index contributed by atoms with van der Waals surface area (Å²) in [5.41, 5.74) is 3.64. The van der Waals surface area contributed by atoms with Gasteiger partial charge < -0.3 is 9.73 Å². The Kier molecular flexibility index (Phi) is 4.04. The molecular weight excluding hydrogens is 307 g/mol. The lowest BCUT2D eigenvalue weighted by Gasteiger charge is -2.08. The first kappa shape index (κ1) is 14.2. The molecule has 3 nitrogen and oxygen atoms in total. The van der Waals surface area contributed by atoms with Crippen LogP contribution < -0.4 is 5.32 Å². The van der Waals surface area contributed by atoms with Gasteiger partial charge in [0.1, 0.15) is 5.52 Å². The first-order valence-electron chi connectivity index (χ1n) is 6.73. The van der Waals surface area contributed by atoms with Crippen LogP contribution in [0.5, 0.6) is 0 Å². The van der Waals surface area contributed by atoms with Crippen LogP contribution in [0.15, 0.2) is 40.8 Å². The van der Waals surface area contributed by atoms with E-state index in [9.17, 15) is 0 Å². The van der Waals surface area contributed by atoms with Gasteiger partial charge in [-0.1, -0.05) is 36.2 Å².